The van der Waals surface area contributed by atoms with Gasteiger partial charge in [0.05, 0.1) is 5.34 Å². The van der Waals surface area contributed by atoms with Gasteiger partial charge in [0.1, 0.15) is 0 Å². The molecule has 13 heavy (non-hydrogen) atoms. The lowest BCUT2D eigenvalue weighted by Gasteiger charge is -2.30. The van der Waals surface area contributed by atoms with Crippen molar-refractivity contribution in [1.29, 1.82) is 0 Å². The molecule has 0 saturated carbocycles. The lowest BCUT2D eigenvalue weighted by Crippen LogP contribution is -2.28. The maximum atomic E-state index is 10.1. The molecule has 0 radical (unpaired) electrons. The average molecular weight is 204 g/mol. The lowest BCUT2D eigenvalue weighted by atomic mass is 9.94. The molecular formula is C11H25OP. The Balaban J connectivity index is 3.80. The molecule has 0 spiro atoms. The fourth-order valence-electron chi connectivity index (χ4n) is 1.47. The molecule has 0 amide bonds. The molecular weight excluding hydrogens is 179 g/mol. The minimum Gasteiger partial charge on any atom is -0.386 e. The van der Waals surface area contributed by atoms with Gasteiger partial charge in [-0.25, -0.2) is 0 Å². The highest BCUT2D eigenvalue weighted by molar-refractivity contribution is 7.18. The third-order valence-electron chi connectivity index (χ3n) is 2.77. The summed E-state index contributed by atoms with van der Waals surface area (Å²) in [7, 11) is 2.63. The predicted octanol–water partition coefficient (Wildman–Crippen LogP) is 3.57. The Morgan fingerprint density at radius 3 is 2.23 bits per heavy atom. The first-order valence-corrected chi connectivity index (χ1v) is 6.13. The van der Waals surface area contributed by atoms with Crippen LogP contribution in [0.2, 0.25) is 0 Å². The van der Waals surface area contributed by atoms with E-state index in [0.717, 1.165) is 25.7 Å². The Labute approximate surface area is 85.5 Å². The van der Waals surface area contributed by atoms with Crippen LogP contribution in [0.4, 0.5) is 0 Å². The molecule has 0 aromatic carbocycles. The fourth-order valence-corrected chi connectivity index (χ4v) is 1.84. The summed E-state index contributed by atoms with van der Waals surface area (Å²) in [6, 6.07) is 0. The smallest absolute Gasteiger partial charge is 0.0803 e. The van der Waals surface area contributed by atoms with Crippen molar-refractivity contribution < 1.29 is 5.11 Å². The van der Waals surface area contributed by atoms with Crippen molar-refractivity contribution in [2.45, 2.75) is 64.6 Å². The summed E-state index contributed by atoms with van der Waals surface area (Å²) in [5.41, 5.74) is 0. The Kier molecular flexibility index (Phi) is 6.99. The summed E-state index contributed by atoms with van der Waals surface area (Å²) in [6.45, 7) is 6.51. The first-order valence-electron chi connectivity index (χ1n) is 5.55. The molecule has 80 valence electrons. The third kappa shape index (κ3) is 5.65. The summed E-state index contributed by atoms with van der Waals surface area (Å²) in [5, 5.41) is 9.58. The van der Waals surface area contributed by atoms with Gasteiger partial charge in [-0.15, -0.1) is 9.24 Å². The van der Waals surface area contributed by atoms with E-state index in [1.807, 2.05) is 0 Å². The third-order valence-corrected chi connectivity index (χ3v) is 3.63. The molecule has 0 bridgehead atoms. The van der Waals surface area contributed by atoms with Crippen molar-refractivity contribution >= 4 is 9.24 Å². The second-order valence-electron chi connectivity index (χ2n) is 4.14. The SMILES string of the molecule is CCCCC(C)C(O)(P)CCCC. The fraction of sp³-hybridized carbons (Fsp3) is 1.00. The van der Waals surface area contributed by atoms with Crippen LogP contribution in [0, 0.1) is 5.92 Å². The largest absolute Gasteiger partial charge is 0.386 e. The van der Waals surface area contributed by atoms with Crippen LogP contribution in [0.25, 0.3) is 0 Å². The Hall–Kier alpha value is 0.390. The van der Waals surface area contributed by atoms with Gasteiger partial charge in [-0.3, -0.25) is 0 Å². The van der Waals surface area contributed by atoms with Crippen LogP contribution in [-0.4, -0.2) is 10.4 Å². The van der Waals surface area contributed by atoms with Crippen LogP contribution >= 0.6 is 9.24 Å². The average Bonchev–Trinajstić information content (AvgIpc) is 2.10. The van der Waals surface area contributed by atoms with E-state index in [1.165, 1.54) is 12.8 Å². The van der Waals surface area contributed by atoms with E-state index in [0.29, 0.717) is 5.92 Å². The zero-order chi connectivity index (χ0) is 10.3. The Morgan fingerprint density at radius 2 is 1.77 bits per heavy atom. The Morgan fingerprint density at radius 1 is 1.23 bits per heavy atom. The van der Waals surface area contributed by atoms with Gasteiger partial charge in [-0.2, -0.15) is 0 Å². The molecule has 1 nitrogen and oxygen atoms in total. The lowest BCUT2D eigenvalue weighted by molar-refractivity contribution is 0.0626. The minimum atomic E-state index is -0.523. The number of rotatable bonds is 7. The van der Waals surface area contributed by atoms with Crippen molar-refractivity contribution in [2.24, 2.45) is 5.92 Å². The van der Waals surface area contributed by atoms with Crippen LogP contribution in [0.3, 0.4) is 0 Å². The molecule has 0 fully saturated rings. The molecule has 0 aliphatic rings. The first kappa shape index (κ1) is 13.4. The van der Waals surface area contributed by atoms with E-state index in [4.69, 9.17) is 0 Å². The molecule has 2 heteroatoms. The van der Waals surface area contributed by atoms with Gasteiger partial charge >= 0.3 is 0 Å². The molecule has 1 N–H and O–H groups in total. The quantitative estimate of drug-likeness (QED) is 0.628. The van der Waals surface area contributed by atoms with E-state index in [-0.39, 0.29) is 0 Å². The van der Waals surface area contributed by atoms with Crippen molar-refractivity contribution in [3.05, 3.63) is 0 Å². The zero-order valence-corrected chi connectivity index (χ0v) is 10.5. The van der Waals surface area contributed by atoms with Gasteiger partial charge in [0.2, 0.25) is 0 Å². The summed E-state index contributed by atoms with van der Waals surface area (Å²) < 4.78 is 0. The highest BCUT2D eigenvalue weighted by Gasteiger charge is 2.26. The van der Waals surface area contributed by atoms with Crippen molar-refractivity contribution in [1.82, 2.24) is 0 Å². The van der Waals surface area contributed by atoms with Crippen LogP contribution in [0.15, 0.2) is 0 Å². The van der Waals surface area contributed by atoms with Crippen LogP contribution in [0.1, 0.15) is 59.3 Å². The molecule has 0 aliphatic heterocycles. The molecule has 0 aromatic rings. The molecule has 0 aliphatic carbocycles. The van der Waals surface area contributed by atoms with E-state index in [2.05, 4.69) is 30.0 Å². The normalized spacial score (nSPS) is 18.2. The summed E-state index contributed by atoms with van der Waals surface area (Å²) >= 11 is 0. The summed E-state index contributed by atoms with van der Waals surface area (Å²) in [6.07, 6.45) is 6.79. The monoisotopic (exact) mass is 204 g/mol. The summed E-state index contributed by atoms with van der Waals surface area (Å²) in [4.78, 5) is 0. The standard InChI is InChI=1S/C11H25OP/c1-4-6-8-10(3)11(12,13)9-7-5-2/h10,12H,4-9,13H2,1-3H3. The van der Waals surface area contributed by atoms with Gasteiger partial charge in [0.25, 0.3) is 0 Å². The number of unbranched alkanes of at least 4 members (excludes halogenated alkanes) is 2. The van der Waals surface area contributed by atoms with Crippen LogP contribution in [0.5, 0.6) is 0 Å². The molecule has 3 unspecified atom stereocenters. The van der Waals surface area contributed by atoms with Gasteiger partial charge < -0.3 is 5.11 Å². The van der Waals surface area contributed by atoms with E-state index < -0.39 is 5.34 Å². The highest BCUT2D eigenvalue weighted by Crippen LogP contribution is 2.33. The molecule has 0 saturated heterocycles. The van der Waals surface area contributed by atoms with Crippen molar-refractivity contribution in [3.63, 3.8) is 0 Å². The minimum absolute atomic E-state index is 0.406. The van der Waals surface area contributed by atoms with E-state index in [9.17, 15) is 5.11 Å². The van der Waals surface area contributed by atoms with Crippen molar-refractivity contribution in [2.75, 3.05) is 0 Å². The second kappa shape index (κ2) is 6.79. The maximum Gasteiger partial charge on any atom is 0.0803 e. The van der Waals surface area contributed by atoms with Crippen molar-refractivity contribution in [3.8, 4) is 0 Å². The molecule has 3 atom stereocenters. The summed E-state index contributed by atoms with van der Waals surface area (Å²) in [5.74, 6) is 0.406. The van der Waals surface area contributed by atoms with Gasteiger partial charge in [0.15, 0.2) is 0 Å². The predicted molar refractivity (Wildman–Crippen MR) is 62.9 cm³/mol. The zero-order valence-electron chi connectivity index (χ0n) is 9.34. The second-order valence-corrected chi connectivity index (χ2v) is 5.14. The molecule has 0 heterocycles. The first-order chi connectivity index (χ1) is 6.04. The molecule has 0 rings (SSSR count). The van der Waals surface area contributed by atoms with E-state index >= 15 is 0 Å². The maximum absolute atomic E-state index is 10.1. The molecule has 0 aromatic heterocycles. The van der Waals surface area contributed by atoms with Gasteiger partial charge in [-0.1, -0.05) is 46.5 Å². The number of hydrogen-bond donors (Lipinski definition) is 1. The topological polar surface area (TPSA) is 20.2 Å². The highest BCUT2D eigenvalue weighted by atomic mass is 31.0. The Bertz CT molecular complexity index is 123. The van der Waals surface area contributed by atoms with E-state index in [1.54, 1.807) is 0 Å². The van der Waals surface area contributed by atoms with Crippen LogP contribution in [-0.2, 0) is 0 Å². The van der Waals surface area contributed by atoms with Gasteiger partial charge in [-0.05, 0) is 18.8 Å². The number of aliphatic hydroxyl groups is 1. The van der Waals surface area contributed by atoms with Gasteiger partial charge in [0, 0.05) is 0 Å². The number of hydrogen-bond acceptors (Lipinski definition) is 1. The van der Waals surface area contributed by atoms with Crippen LogP contribution < -0.4 is 0 Å².